The van der Waals surface area contributed by atoms with Crippen molar-refractivity contribution in [2.45, 2.75) is 13.3 Å². The maximum atomic E-state index is 12.2. The zero-order chi connectivity index (χ0) is 12.3. The van der Waals surface area contributed by atoms with Crippen LogP contribution in [0.2, 0.25) is 0 Å². The summed E-state index contributed by atoms with van der Waals surface area (Å²) in [6, 6.07) is 13.8. The van der Waals surface area contributed by atoms with Gasteiger partial charge in [0, 0.05) is 12.0 Å². The maximum Gasteiger partial charge on any atom is 0.163 e. The van der Waals surface area contributed by atoms with Gasteiger partial charge in [0.25, 0.3) is 0 Å². The first-order chi connectivity index (χ1) is 8.22. The van der Waals surface area contributed by atoms with Crippen molar-refractivity contribution in [1.82, 2.24) is 0 Å². The lowest BCUT2D eigenvalue weighted by Gasteiger charge is -2.09. The summed E-state index contributed by atoms with van der Waals surface area (Å²) < 4.78 is 0. The Labute approximate surface area is 101 Å². The first kappa shape index (κ1) is 11.8. The second-order valence-electron chi connectivity index (χ2n) is 4.49. The number of carbonyl (C=O) groups excluding carboxylic acids is 1. The van der Waals surface area contributed by atoms with Crippen LogP contribution in [-0.2, 0) is 0 Å². The lowest BCUT2D eigenvalue weighted by atomic mass is 9.95. The normalized spacial score (nSPS) is 12.6. The number of ketones is 1. The fourth-order valence-electron chi connectivity index (χ4n) is 1.98. The Morgan fingerprint density at radius 3 is 2.65 bits per heavy atom. The van der Waals surface area contributed by atoms with Crippen molar-refractivity contribution in [1.29, 1.82) is 0 Å². The fraction of sp³-hybridized carbons (Fsp3) is 0.267. The van der Waals surface area contributed by atoms with Gasteiger partial charge in [-0.3, -0.25) is 4.79 Å². The van der Waals surface area contributed by atoms with Crippen molar-refractivity contribution in [2.75, 3.05) is 6.54 Å². The highest BCUT2D eigenvalue weighted by atomic mass is 16.1. The van der Waals surface area contributed by atoms with Crippen LogP contribution in [0.15, 0.2) is 42.5 Å². The molecular formula is C15H17NO. The van der Waals surface area contributed by atoms with Gasteiger partial charge in [-0.15, -0.1) is 0 Å². The molecule has 0 bridgehead atoms. The summed E-state index contributed by atoms with van der Waals surface area (Å²) in [5.41, 5.74) is 6.37. The van der Waals surface area contributed by atoms with E-state index in [9.17, 15) is 4.79 Å². The molecule has 0 fully saturated rings. The molecule has 88 valence electrons. The highest BCUT2D eigenvalue weighted by Crippen LogP contribution is 2.20. The molecule has 1 atom stereocenters. The molecule has 0 heterocycles. The minimum atomic E-state index is 0.180. The molecule has 0 amide bonds. The molecule has 2 N–H and O–H groups in total. The molecule has 2 aromatic carbocycles. The Kier molecular flexibility index (Phi) is 3.55. The monoisotopic (exact) mass is 227 g/mol. The summed E-state index contributed by atoms with van der Waals surface area (Å²) in [7, 11) is 0. The first-order valence-electron chi connectivity index (χ1n) is 5.93. The Balaban J connectivity index is 2.38. The number of nitrogens with two attached hydrogens (primary N) is 1. The van der Waals surface area contributed by atoms with Crippen LogP contribution in [0, 0.1) is 5.92 Å². The number of hydrogen-bond acceptors (Lipinski definition) is 2. The second-order valence-corrected chi connectivity index (χ2v) is 4.49. The predicted octanol–water partition coefficient (Wildman–Crippen LogP) is 3.01. The van der Waals surface area contributed by atoms with Gasteiger partial charge in [-0.05, 0) is 23.2 Å². The van der Waals surface area contributed by atoms with E-state index in [4.69, 9.17) is 5.73 Å². The fourth-order valence-corrected chi connectivity index (χ4v) is 1.98. The van der Waals surface area contributed by atoms with Crippen molar-refractivity contribution < 1.29 is 4.79 Å². The minimum absolute atomic E-state index is 0.180. The smallest absolute Gasteiger partial charge is 0.163 e. The van der Waals surface area contributed by atoms with Crippen LogP contribution in [0.3, 0.4) is 0 Å². The van der Waals surface area contributed by atoms with E-state index in [-0.39, 0.29) is 11.7 Å². The molecule has 0 aliphatic heterocycles. The van der Waals surface area contributed by atoms with Gasteiger partial charge in [-0.1, -0.05) is 49.4 Å². The minimum Gasteiger partial charge on any atom is -0.330 e. The van der Waals surface area contributed by atoms with Crippen molar-refractivity contribution in [3.8, 4) is 0 Å². The molecule has 0 saturated heterocycles. The highest BCUT2D eigenvalue weighted by molar-refractivity contribution is 6.08. The maximum absolute atomic E-state index is 12.2. The molecule has 2 heteroatoms. The molecule has 0 saturated carbocycles. The molecule has 0 aliphatic rings. The van der Waals surface area contributed by atoms with E-state index >= 15 is 0 Å². The quantitative estimate of drug-likeness (QED) is 0.816. The van der Waals surface area contributed by atoms with Crippen LogP contribution in [0.1, 0.15) is 23.7 Å². The molecule has 0 aromatic heterocycles. The number of carbonyl (C=O) groups is 1. The van der Waals surface area contributed by atoms with Crippen molar-refractivity contribution in [3.05, 3.63) is 48.0 Å². The standard InChI is InChI=1S/C15H17NO/c1-11(10-16)9-15(17)14-8-4-6-12-5-2-3-7-13(12)14/h2-8,11H,9-10,16H2,1H3. The topological polar surface area (TPSA) is 43.1 Å². The van der Waals surface area contributed by atoms with Crippen LogP contribution >= 0.6 is 0 Å². The predicted molar refractivity (Wildman–Crippen MR) is 71.1 cm³/mol. The molecule has 0 spiro atoms. The van der Waals surface area contributed by atoms with Gasteiger partial charge in [0.1, 0.15) is 0 Å². The number of fused-ring (bicyclic) bond motifs is 1. The third-order valence-electron chi connectivity index (χ3n) is 3.03. The second kappa shape index (κ2) is 5.11. The molecule has 2 rings (SSSR count). The van der Waals surface area contributed by atoms with Gasteiger partial charge < -0.3 is 5.73 Å². The molecule has 2 nitrogen and oxygen atoms in total. The SMILES string of the molecule is CC(CN)CC(=O)c1cccc2ccccc12. The zero-order valence-electron chi connectivity index (χ0n) is 10.0. The number of benzene rings is 2. The Bertz CT molecular complexity index is 528. The lowest BCUT2D eigenvalue weighted by molar-refractivity contribution is 0.0967. The van der Waals surface area contributed by atoms with E-state index in [1.807, 2.05) is 49.4 Å². The summed E-state index contributed by atoms with van der Waals surface area (Å²) in [5.74, 6) is 0.418. The summed E-state index contributed by atoms with van der Waals surface area (Å²) in [4.78, 5) is 12.2. The highest BCUT2D eigenvalue weighted by Gasteiger charge is 2.12. The van der Waals surface area contributed by atoms with Gasteiger partial charge in [0.2, 0.25) is 0 Å². The summed E-state index contributed by atoms with van der Waals surface area (Å²) in [5, 5.41) is 2.14. The Morgan fingerprint density at radius 2 is 1.88 bits per heavy atom. The van der Waals surface area contributed by atoms with E-state index in [0.29, 0.717) is 13.0 Å². The third kappa shape index (κ3) is 2.53. The summed E-state index contributed by atoms with van der Waals surface area (Å²) in [6.07, 6.45) is 0.518. The molecule has 0 aliphatic carbocycles. The molecule has 2 aromatic rings. The lowest BCUT2D eigenvalue weighted by Crippen LogP contribution is -2.15. The molecule has 1 unspecified atom stereocenters. The molecular weight excluding hydrogens is 210 g/mol. The summed E-state index contributed by atoms with van der Waals surface area (Å²) >= 11 is 0. The average Bonchev–Trinajstić information content (AvgIpc) is 2.37. The van der Waals surface area contributed by atoms with Crippen molar-refractivity contribution in [3.63, 3.8) is 0 Å². The Hall–Kier alpha value is -1.67. The van der Waals surface area contributed by atoms with Gasteiger partial charge >= 0.3 is 0 Å². The molecule has 17 heavy (non-hydrogen) atoms. The number of hydrogen-bond donors (Lipinski definition) is 1. The van der Waals surface area contributed by atoms with E-state index in [0.717, 1.165) is 16.3 Å². The van der Waals surface area contributed by atoms with E-state index in [1.54, 1.807) is 0 Å². The van der Waals surface area contributed by atoms with Crippen LogP contribution in [0.4, 0.5) is 0 Å². The van der Waals surface area contributed by atoms with Gasteiger partial charge in [0.05, 0.1) is 0 Å². The number of Topliss-reactive ketones (excluding diaryl/α,β-unsaturated/α-hetero) is 1. The van der Waals surface area contributed by atoms with Gasteiger partial charge in [0.15, 0.2) is 5.78 Å². The first-order valence-corrected chi connectivity index (χ1v) is 5.93. The summed E-state index contributed by atoms with van der Waals surface area (Å²) in [6.45, 7) is 2.56. The largest absolute Gasteiger partial charge is 0.330 e. The van der Waals surface area contributed by atoms with E-state index in [2.05, 4.69) is 0 Å². The van der Waals surface area contributed by atoms with E-state index in [1.165, 1.54) is 0 Å². The molecule has 0 radical (unpaired) electrons. The van der Waals surface area contributed by atoms with Crippen molar-refractivity contribution >= 4 is 16.6 Å². The third-order valence-corrected chi connectivity index (χ3v) is 3.03. The van der Waals surface area contributed by atoms with E-state index < -0.39 is 0 Å². The van der Waals surface area contributed by atoms with Crippen molar-refractivity contribution in [2.24, 2.45) is 11.7 Å². The van der Waals surface area contributed by atoms with Gasteiger partial charge in [-0.2, -0.15) is 0 Å². The van der Waals surface area contributed by atoms with Crippen LogP contribution in [-0.4, -0.2) is 12.3 Å². The van der Waals surface area contributed by atoms with Crippen LogP contribution in [0.25, 0.3) is 10.8 Å². The van der Waals surface area contributed by atoms with Crippen LogP contribution < -0.4 is 5.73 Å². The average molecular weight is 227 g/mol. The van der Waals surface area contributed by atoms with Gasteiger partial charge in [-0.25, -0.2) is 0 Å². The zero-order valence-corrected chi connectivity index (χ0v) is 10.0. The number of rotatable bonds is 4. The Morgan fingerprint density at radius 1 is 1.18 bits per heavy atom. The van der Waals surface area contributed by atoms with Crippen LogP contribution in [0.5, 0.6) is 0 Å².